The van der Waals surface area contributed by atoms with Crippen molar-refractivity contribution in [2.24, 2.45) is 0 Å². The fraction of sp³-hybridized carbons (Fsp3) is 0.385. The molecule has 0 spiro atoms. The molecule has 0 saturated heterocycles. The molecule has 1 rings (SSSR count). The Labute approximate surface area is 101 Å². The summed E-state index contributed by atoms with van der Waals surface area (Å²) in [6.45, 7) is 3.51. The molecular formula is C13H17NO3. The second-order valence-electron chi connectivity index (χ2n) is 3.72. The van der Waals surface area contributed by atoms with Crippen LogP contribution in [0, 0.1) is 0 Å². The van der Waals surface area contributed by atoms with Crippen LogP contribution in [0.15, 0.2) is 30.3 Å². The smallest absolute Gasteiger partial charge is 0.329 e. The SMILES string of the molecule is CCOC(=O)C(CC(C)=O)Nc1ccccc1. The molecule has 0 fully saturated rings. The number of rotatable bonds is 6. The zero-order chi connectivity index (χ0) is 12.7. The summed E-state index contributed by atoms with van der Waals surface area (Å²) in [7, 11) is 0. The number of ether oxygens (including phenoxy) is 1. The first kappa shape index (κ1) is 13.2. The second kappa shape index (κ2) is 6.68. The van der Waals surface area contributed by atoms with Gasteiger partial charge in [0.05, 0.1) is 6.61 Å². The summed E-state index contributed by atoms with van der Waals surface area (Å²) >= 11 is 0. The molecule has 1 N–H and O–H groups in total. The Morgan fingerprint density at radius 3 is 2.47 bits per heavy atom. The van der Waals surface area contributed by atoms with Crippen molar-refractivity contribution in [2.45, 2.75) is 26.3 Å². The molecule has 0 aliphatic carbocycles. The van der Waals surface area contributed by atoms with Crippen LogP contribution in [0.2, 0.25) is 0 Å². The third-order valence-corrected chi connectivity index (χ3v) is 2.18. The highest BCUT2D eigenvalue weighted by molar-refractivity contribution is 5.87. The number of benzene rings is 1. The molecule has 0 radical (unpaired) electrons. The van der Waals surface area contributed by atoms with Gasteiger partial charge in [0.2, 0.25) is 0 Å². The first-order valence-electron chi connectivity index (χ1n) is 5.61. The maximum absolute atomic E-state index is 11.6. The Kier molecular flexibility index (Phi) is 5.20. The van der Waals surface area contributed by atoms with Gasteiger partial charge in [-0.15, -0.1) is 0 Å². The minimum absolute atomic E-state index is 0.0496. The van der Waals surface area contributed by atoms with Gasteiger partial charge in [0.15, 0.2) is 0 Å². The maximum atomic E-state index is 11.6. The number of hydrogen-bond donors (Lipinski definition) is 1. The number of esters is 1. The summed E-state index contributed by atoms with van der Waals surface area (Å²) in [6.07, 6.45) is 0.133. The fourth-order valence-electron chi connectivity index (χ4n) is 1.46. The molecule has 0 aromatic heterocycles. The molecule has 0 heterocycles. The van der Waals surface area contributed by atoms with E-state index in [1.807, 2.05) is 30.3 Å². The van der Waals surface area contributed by atoms with E-state index in [0.29, 0.717) is 6.61 Å². The molecular weight excluding hydrogens is 218 g/mol. The van der Waals surface area contributed by atoms with Crippen molar-refractivity contribution >= 4 is 17.4 Å². The lowest BCUT2D eigenvalue weighted by Crippen LogP contribution is -2.33. The van der Waals surface area contributed by atoms with E-state index in [9.17, 15) is 9.59 Å². The van der Waals surface area contributed by atoms with Gasteiger partial charge in [-0.2, -0.15) is 0 Å². The molecule has 0 saturated carbocycles. The van der Waals surface area contributed by atoms with E-state index < -0.39 is 12.0 Å². The molecule has 1 aromatic rings. The summed E-state index contributed by atoms with van der Waals surface area (Å²) in [6, 6.07) is 8.67. The van der Waals surface area contributed by atoms with E-state index in [2.05, 4.69) is 5.32 Å². The molecule has 0 amide bonds. The summed E-state index contributed by atoms with van der Waals surface area (Å²) in [4.78, 5) is 22.8. The maximum Gasteiger partial charge on any atom is 0.329 e. The topological polar surface area (TPSA) is 55.4 Å². The summed E-state index contributed by atoms with van der Waals surface area (Å²) in [5.41, 5.74) is 0.798. The Morgan fingerprint density at radius 1 is 1.29 bits per heavy atom. The predicted molar refractivity (Wildman–Crippen MR) is 65.8 cm³/mol. The molecule has 0 bridgehead atoms. The quantitative estimate of drug-likeness (QED) is 0.766. The minimum atomic E-state index is -0.616. The summed E-state index contributed by atoms with van der Waals surface area (Å²) in [5.74, 6) is -0.446. The Morgan fingerprint density at radius 2 is 1.94 bits per heavy atom. The van der Waals surface area contributed by atoms with Crippen LogP contribution in [0.3, 0.4) is 0 Å². The zero-order valence-corrected chi connectivity index (χ0v) is 10.1. The van der Waals surface area contributed by atoms with Crippen molar-refractivity contribution in [3.63, 3.8) is 0 Å². The van der Waals surface area contributed by atoms with Crippen molar-refractivity contribution < 1.29 is 14.3 Å². The molecule has 1 aromatic carbocycles. The van der Waals surface area contributed by atoms with Crippen LogP contribution in [-0.2, 0) is 14.3 Å². The van der Waals surface area contributed by atoms with Crippen LogP contribution in [0.25, 0.3) is 0 Å². The number of nitrogens with one attached hydrogen (secondary N) is 1. The highest BCUT2D eigenvalue weighted by atomic mass is 16.5. The van der Waals surface area contributed by atoms with Crippen LogP contribution in [-0.4, -0.2) is 24.4 Å². The third-order valence-electron chi connectivity index (χ3n) is 2.18. The molecule has 4 heteroatoms. The number of para-hydroxylation sites is 1. The van der Waals surface area contributed by atoms with Gasteiger partial charge >= 0.3 is 5.97 Å². The van der Waals surface area contributed by atoms with Gasteiger partial charge < -0.3 is 10.1 Å². The van der Waals surface area contributed by atoms with Crippen LogP contribution in [0.4, 0.5) is 5.69 Å². The van der Waals surface area contributed by atoms with Gasteiger partial charge in [0.1, 0.15) is 11.8 Å². The first-order chi connectivity index (χ1) is 8.13. The van der Waals surface area contributed by atoms with E-state index in [0.717, 1.165) is 5.69 Å². The van der Waals surface area contributed by atoms with E-state index in [-0.39, 0.29) is 12.2 Å². The van der Waals surface area contributed by atoms with Gasteiger partial charge in [-0.25, -0.2) is 4.79 Å². The van der Waals surface area contributed by atoms with E-state index in [4.69, 9.17) is 4.74 Å². The van der Waals surface area contributed by atoms with Crippen molar-refractivity contribution in [1.29, 1.82) is 0 Å². The normalized spacial score (nSPS) is 11.6. The number of carbonyl (C=O) groups is 2. The lowest BCUT2D eigenvalue weighted by atomic mass is 10.1. The lowest BCUT2D eigenvalue weighted by Gasteiger charge is -2.17. The molecule has 1 atom stereocenters. The Bertz CT molecular complexity index is 376. The van der Waals surface area contributed by atoms with Crippen LogP contribution in [0.1, 0.15) is 20.3 Å². The number of hydrogen-bond acceptors (Lipinski definition) is 4. The van der Waals surface area contributed by atoms with Gasteiger partial charge in [-0.05, 0) is 26.0 Å². The Hall–Kier alpha value is -1.84. The van der Waals surface area contributed by atoms with Crippen molar-refractivity contribution in [3.8, 4) is 0 Å². The molecule has 4 nitrogen and oxygen atoms in total. The average Bonchev–Trinajstić information content (AvgIpc) is 2.29. The summed E-state index contributed by atoms with van der Waals surface area (Å²) in [5, 5.41) is 3.00. The van der Waals surface area contributed by atoms with Gasteiger partial charge in [0, 0.05) is 12.1 Å². The van der Waals surface area contributed by atoms with Crippen LogP contribution in [0.5, 0.6) is 0 Å². The highest BCUT2D eigenvalue weighted by Gasteiger charge is 2.21. The minimum Gasteiger partial charge on any atom is -0.464 e. The lowest BCUT2D eigenvalue weighted by molar-refractivity contribution is -0.145. The number of ketones is 1. The summed E-state index contributed by atoms with van der Waals surface area (Å²) < 4.78 is 4.92. The number of anilines is 1. The van der Waals surface area contributed by atoms with Crippen molar-refractivity contribution in [3.05, 3.63) is 30.3 Å². The second-order valence-corrected chi connectivity index (χ2v) is 3.72. The standard InChI is InChI=1S/C13H17NO3/c1-3-17-13(16)12(9-10(2)15)14-11-7-5-4-6-8-11/h4-8,12,14H,3,9H2,1-2H3. The van der Waals surface area contributed by atoms with Crippen LogP contribution < -0.4 is 5.32 Å². The first-order valence-corrected chi connectivity index (χ1v) is 5.61. The number of Topliss-reactive ketones (excluding diaryl/α,β-unsaturated/α-hetero) is 1. The van der Waals surface area contributed by atoms with Crippen molar-refractivity contribution in [2.75, 3.05) is 11.9 Å². The van der Waals surface area contributed by atoms with E-state index in [1.165, 1.54) is 6.92 Å². The highest BCUT2D eigenvalue weighted by Crippen LogP contribution is 2.10. The monoisotopic (exact) mass is 235 g/mol. The van der Waals surface area contributed by atoms with Gasteiger partial charge in [-0.1, -0.05) is 18.2 Å². The predicted octanol–water partition coefficient (Wildman–Crippen LogP) is 2.01. The van der Waals surface area contributed by atoms with E-state index in [1.54, 1.807) is 6.92 Å². The Balaban J connectivity index is 2.70. The average molecular weight is 235 g/mol. The van der Waals surface area contributed by atoms with E-state index >= 15 is 0 Å². The molecule has 1 unspecified atom stereocenters. The van der Waals surface area contributed by atoms with Gasteiger partial charge in [-0.3, -0.25) is 4.79 Å². The largest absolute Gasteiger partial charge is 0.464 e. The molecule has 92 valence electrons. The van der Waals surface area contributed by atoms with Crippen molar-refractivity contribution in [1.82, 2.24) is 0 Å². The number of carbonyl (C=O) groups excluding carboxylic acids is 2. The molecule has 0 aliphatic heterocycles. The zero-order valence-electron chi connectivity index (χ0n) is 10.1. The van der Waals surface area contributed by atoms with Crippen LogP contribution >= 0.6 is 0 Å². The molecule has 0 aliphatic rings. The fourth-order valence-corrected chi connectivity index (χ4v) is 1.46. The third kappa shape index (κ3) is 4.68. The van der Waals surface area contributed by atoms with Gasteiger partial charge in [0.25, 0.3) is 0 Å². The molecule has 17 heavy (non-hydrogen) atoms.